The van der Waals surface area contributed by atoms with Gasteiger partial charge >= 0.3 is 0 Å². The maximum absolute atomic E-state index is 13.1. The Balaban J connectivity index is 1.55. The van der Waals surface area contributed by atoms with Crippen molar-refractivity contribution < 1.29 is 9.72 Å². The smallest absolute Gasteiger partial charge is 0.275 e. The van der Waals surface area contributed by atoms with Gasteiger partial charge in [-0.15, -0.1) is 10.2 Å². The lowest BCUT2D eigenvalue weighted by Gasteiger charge is -2.33. The summed E-state index contributed by atoms with van der Waals surface area (Å²) in [7, 11) is 0. The van der Waals surface area contributed by atoms with E-state index in [1.54, 1.807) is 29.3 Å². The molecule has 0 N–H and O–H groups in total. The van der Waals surface area contributed by atoms with Crippen LogP contribution in [-0.2, 0) is 6.54 Å². The van der Waals surface area contributed by atoms with E-state index in [0.717, 1.165) is 11.6 Å². The lowest BCUT2D eigenvalue weighted by Crippen LogP contribution is -2.41. The molecule has 10 nitrogen and oxygen atoms in total. The number of rotatable bonds is 4. The molecular weight excluding hydrogens is 374 g/mol. The van der Waals surface area contributed by atoms with Gasteiger partial charge in [-0.05, 0) is 25.1 Å². The van der Waals surface area contributed by atoms with E-state index >= 15 is 0 Å². The summed E-state index contributed by atoms with van der Waals surface area (Å²) in [6, 6.07) is 7.45. The molecule has 3 heterocycles. The zero-order chi connectivity index (χ0) is 20.7. The Morgan fingerprint density at radius 2 is 1.90 bits per heavy atom. The highest BCUT2D eigenvalue weighted by molar-refractivity contribution is 5.92. The average molecular weight is 395 g/mol. The van der Waals surface area contributed by atoms with Gasteiger partial charge in [-0.1, -0.05) is 13.8 Å². The first-order chi connectivity index (χ1) is 13.9. The third kappa shape index (κ3) is 3.26. The number of nitrogens with zero attached hydrogens (tertiary/aromatic N) is 7. The molecule has 0 fully saturated rings. The molecule has 0 radical (unpaired) electrons. The highest BCUT2D eigenvalue weighted by atomic mass is 16.6. The van der Waals surface area contributed by atoms with E-state index in [0.29, 0.717) is 24.5 Å². The van der Waals surface area contributed by atoms with E-state index in [9.17, 15) is 14.9 Å². The molecular formula is C19H21N7O3. The van der Waals surface area contributed by atoms with Gasteiger partial charge in [0.1, 0.15) is 5.82 Å². The van der Waals surface area contributed by atoms with Gasteiger partial charge in [0, 0.05) is 37.3 Å². The van der Waals surface area contributed by atoms with Crippen LogP contribution in [0, 0.1) is 10.1 Å². The fourth-order valence-corrected chi connectivity index (χ4v) is 3.57. The molecule has 0 aliphatic carbocycles. The number of carbonyl (C=O) groups is 1. The number of hydrogen-bond acceptors (Lipinski definition) is 6. The van der Waals surface area contributed by atoms with Gasteiger partial charge < -0.3 is 9.47 Å². The number of benzene rings is 1. The van der Waals surface area contributed by atoms with E-state index in [-0.39, 0.29) is 23.6 Å². The standard InChI is InChI=1S/C19H21N7O3/c1-12(2)17-20-21-18-13(3)23(10-11-24(17)18)19(27)16-8-9-25(22-16)14-4-6-15(7-5-14)26(28)29/h4-9,12-13H,10-11H2,1-3H3/t13-/m0/s1. The maximum atomic E-state index is 13.1. The van der Waals surface area contributed by atoms with Gasteiger partial charge in [-0.3, -0.25) is 14.9 Å². The molecule has 0 saturated heterocycles. The molecule has 0 unspecified atom stereocenters. The number of aromatic nitrogens is 5. The predicted octanol–water partition coefficient (Wildman–Crippen LogP) is 2.71. The molecule has 0 saturated carbocycles. The number of amides is 1. The van der Waals surface area contributed by atoms with Gasteiger partial charge in [-0.25, -0.2) is 4.68 Å². The van der Waals surface area contributed by atoms with E-state index in [4.69, 9.17) is 0 Å². The van der Waals surface area contributed by atoms with Gasteiger partial charge in [0.25, 0.3) is 11.6 Å². The second-order valence-electron chi connectivity index (χ2n) is 7.32. The third-order valence-corrected chi connectivity index (χ3v) is 5.12. The lowest BCUT2D eigenvalue weighted by molar-refractivity contribution is -0.384. The van der Waals surface area contributed by atoms with E-state index in [2.05, 4.69) is 33.7 Å². The number of non-ortho nitro benzene ring substituents is 1. The summed E-state index contributed by atoms with van der Waals surface area (Å²) in [5.41, 5.74) is 0.958. The largest absolute Gasteiger partial charge is 0.325 e. The molecule has 1 amide bonds. The minimum Gasteiger partial charge on any atom is -0.325 e. The predicted molar refractivity (Wildman–Crippen MR) is 104 cm³/mol. The van der Waals surface area contributed by atoms with E-state index in [1.807, 2.05) is 6.92 Å². The van der Waals surface area contributed by atoms with Crippen LogP contribution in [0.5, 0.6) is 0 Å². The van der Waals surface area contributed by atoms with Crippen molar-refractivity contribution in [2.45, 2.75) is 39.3 Å². The lowest BCUT2D eigenvalue weighted by atomic mass is 10.1. The Bertz CT molecular complexity index is 1070. The summed E-state index contributed by atoms with van der Waals surface area (Å²) in [6.07, 6.45) is 1.67. The van der Waals surface area contributed by atoms with Crippen LogP contribution in [0.4, 0.5) is 5.69 Å². The SMILES string of the molecule is CC(C)c1nnc2n1CCN(C(=O)c1ccn(-c3ccc([N+](=O)[O-])cc3)n1)[C@H]2C. The van der Waals surface area contributed by atoms with Crippen molar-refractivity contribution in [1.29, 1.82) is 0 Å². The number of carbonyl (C=O) groups excluding carboxylic acids is 1. The first kappa shape index (κ1) is 18.8. The van der Waals surface area contributed by atoms with Crippen LogP contribution in [0.1, 0.15) is 54.9 Å². The number of hydrogen-bond donors (Lipinski definition) is 0. The molecule has 1 aliphatic rings. The Morgan fingerprint density at radius 3 is 2.55 bits per heavy atom. The second kappa shape index (κ2) is 7.12. The molecule has 3 aromatic rings. The summed E-state index contributed by atoms with van der Waals surface area (Å²) >= 11 is 0. The van der Waals surface area contributed by atoms with Crippen molar-refractivity contribution >= 4 is 11.6 Å². The maximum Gasteiger partial charge on any atom is 0.275 e. The van der Waals surface area contributed by atoms with Crippen molar-refractivity contribution in [3.63, 3.8) is 0 Å². The van der Waals surface area contributed by atoms with Crippen LogP contribution < -0.4 is 0 Å². The second-order valence-corrected chi connectivity index (χ2v) is 7.32. The number of nitro benzene ring substituents is 1. The molecule has 0 bridgehead atoms. The topological polar surface area (TPSA) is 112 Å². The summed E-state index contributed by atoms with van der Waals surface area (Å²) in [5, 5.41) is 23.7. The molecule has 1 atom stereocenters. The Labute approximate surface area is 166 Å². The highest BCUT2D eigenvalue weighted by Gasteiger charge is 2.33. The molecule has 150 valence electrons. The monoisotopic (exact) mass is 395 g/mol. The first-order valence-electron chi connectivity index (χ1n) is 9.41. The summed E-state index contributed by atoms with van der Waals surface area (Å²) in [5.74, 6) is 1.80. The summed E-state index contributed by atoms with van der Waals surface area (Å²) < 4.78 is 3.62. The molecule has 29 heavy (non-hydrogen) atoms. The van der Waals surface area contributed by atoms with Gasteiger partial charge in [0.2, 0.25) is 0 Å². The Hall–Kier alpha value is -3.56. The van der Waals surface area contributed by atoms with Gasteiger partial charge in [0.05, 0.1) is 16.7 Å². The van der Waals surface area contributed by atoms with Crippen LogP contribution in [0.2, 0.25) is 0 Å². The molecule has 1 aliphatic heterocycles. The Morgan fingerprint density at radius 1 is 1.17 bits per heavy atom. The van der Waals surface area contributed by atoms with Crippen LogP contribution in [0.15, 0.2) is 36.5 Å². The molecule has 4 rings (SSSR count). The number of fused-ring (bicyclic) bond motifs is 1. The van der Waals surface area contributed by atoms with Crippen LogP contribution in [0.25, 0.3) is 5.69 Å². The quantitative estimate of drug-likeness (QED) is 0.496. The zero-order valence-corrected chi connectivity index (χ0v) is 16.4. The third-order valence-electron chi connectivity index (χ3n) is 5.12. The van der Waals surface area contributed by atoms with Crippen LogP contribution in [-0.4, -0.2) is 46.8 Å². The summed E-state index contributed by atoms with van der Waals surface area (Å²) in [6.45, 7) is 7.29. The minimum atomic E-state index is -0.455. The van der Waals surface area contributed by atoms with E-state index in [1.165, 1.54) is 16.8 Å². The van der Waals surface area contributed by atoms with Crippen LogP contribution >= 0.6 is 0 Å². The van der Waals surface area contributed by atoms with Crippen molar-refractivity contribution in [2.75, 3.05) is 6.54 Å². The minimum absolute atomic E-state index is 0.00391. The summed E-state index contributed by atoms with van der Waals surface area (Å²) in [4.78, 5) is 25.1. The first-order valence-corrected chi connectivity index (χ1v) is 9.41. The van der Waals surface area contributed by atoms with Crippen molar-refractivity contribution in [3.8, 4) is 5.69 Å². The highest BCUT2D eigenvalue weighted by Crippen LogP contribution is 2.28. The number of nitro groups is 1. The molecule has 10 heteroatoms. The van der Waals surface area contributed by atoms with Crippen LogP contribution in [0.3, 0.4) is 0 Å². The normalized spacial score (nSPS) is 16.1. The zero-order valence-electron chi connectivity index (χ0n) is 16.4. The molecule has 0 spiro atoms. The van der Waals surface area contributed by atoms with Gasteiger partial charge in [0.15, 0.2) is 11.5 Å². The van der Waals surface area contributed by atoms with Crippen molar-refractivity contribution in [2.24, 2.45) is 0 Å². The van der Waals surface area contributed by atoms with Crippen molar-refractivity contribution in [1.82, 2.24) is 29.4 Å². The fourth-order valence-electron chi connectivity index (χ4n) is 3.57. The average Bonchev–Trinajstić information content (AvgIpc) is 3.36. The fraction of sp³-hybridized carbons (Fsp3) is 0.368. The van der Waals surface area contributed by atoms with Crippen molar-refractivity contribution in [3.05, 3.63) is 64.0 Å². The van der Waals surface area contributed by atoms with E-state index < -0.39 is 4.92 Å². The van der Waals surface area contributed by atoms with Gasteiger partial charge in [-0.2, -0.15) is 5.10 Å². The Kier molecular flexibility index (Phi) is 4.61. The molecule has 2 aromatic heterocycles. The molecule has 1 aromatic carbocycles.